The minimum atomic E-state index is -0.307. The van der Waals surface area contributed by atoms with E-state index < -0.39 is 0 Å². The molecule has 21 heavy (non-hydrogen) atoms. The number of hydrogen-bond acceptors (Lipinski definition) is 3. The van der Waals surface area contributed by atoms with Crippen LogP contribution in [-0.4, -0.2) is 19.4 Å². The van der Waals surface area contributed by atoms with Crippen molar-refractivity contribution in [1.82, 2.24) is 0 Å². The molecule has 2 rings (SSSR count). The van der Waals surface area contributed by atoms with Crippen LogP contribution in [0.5, 0.6) is 5.75 Å². The fourth-order valence-corrected chi connectivity index (χ4v) is 2.40. The van der Waals surface area contributed by atoms with Crippen LogP contribution in [0.15, 0.2) is 42.5 Å². The maximum Gasteiger partial charge on any atom is 0.165 e. The van der Waals surface area contributed by atoms with Gasteiger partial charge in [-0.05, 0) is 44.2 Å². The minimum absolute atomic E-state index is 0.0858. The zero-order valence-electron chi connectivity index (χ0n) is 12.4. The lowest BCUT2D eigenvalue weighted by atomic mass is 10.1. The lowest BCUT2D eigenvalue weighted by Crippen LogP contribution is -2.19. The van der Waals surface area contributed by atoms with Gasteiger partial charge in [0.2, 0.25) is 0 Å². The average Bonchev–Trinajstić information content (AvgIpc) is 2.47. The third kappa shape index (κ3) is 3.05. The molecule has 0 radical (unpaired) electrons. The summed E-state index contributed by atoms with van der Waals surface area (Å²) < 4.78 is 18.7. The summed E-state index contributed by atoms with van der Waals surface area (Å²) in [7, 11) is 1.53. The van der Waals surface area contributed by atoms with Crippen molar-refractivity contribution in [2.45, 2.75) is 13.8 Å². The summed E-state index contributed by atoms with van der Waals surface area (Å²) in [6, 6.07) is 11.7. The first-order valence-corrected chi connectivity index (χ1v) is 6.79. The normalized spacial score (nSPS) is 10.3. The molecule has 0 N–H and O–H groups in total. The van der Waals surface area contributed by atoms with Crippen LogP contribution in [0.2, 0.25) is 0 Å². The van der Waals surface area contributed by atoms with Gasteiger partial charge in [0.25, 0.3) is 0 Å². The second-order valence-corrected chi connectivity index (χ2v) is 4.63. The minimum Gasteiger partial charge on any atom is -0.496 e. The summed E-state index contributed by atoms with van der Waals surface area (Å²) >= 11 is 0. The number of hydrogen-bond donors (Lipinski definition) is 0. The first-order chi connectivity index (χ1) is 10.1. The van der Waals surface area contributed by atoms with Crippen molar-refractivity contribution in [3.05, 3.63) is 53.8 Å². The lowest BCUT2D eigenvalue weighted by molar-refractivity contribution is 0.101. The molecular formula is C17H18FNO2. The van der Waals surface area contributed by atoms with Crippen LogP contribution in [0.25, 0.3) is 0 Å². The van der Waals surface area contributed by atoms with Gasteiger partial charge >= 0.3 is 0 Å². The standard InChI is InChI=1S/C17H18FNO2/c1-4-19(14-8-5-7-13(18)11-14)15-9-6-10-16(21-3)17(15)12(2)20/h5-11H,4H2,1-3H3. The fraction of sp³-hybridized carbons (Fsp3) is 0.235. The Balaban J connectivity index is 2.60. The van der Waals surface area contributed by atoms with Gasteiger partial charge in [-0.25, -0.2) is 4.39 Å². The molecule has 0 amide bonds. The molecule has 2 aromatic carbocycles. The van der Waals surface area contributed by atoms with E-state index in [1.165, 1.54) is 26.2 Å². The number of nitrogens with zero attached hydrogens (tertiary/aromatic N) is 1. The van der Waals surface area contributed by atoms with Crippen LogP contribution in [0.3, 0.4) is 0 Å². The van der Waals surface area contributed by atoms with Crippen molar-refractivity contribution in [3.63, 3.8) is 0 Å². The van der Waals surface area contributed by atoms with Crippen LogP contribution in [0.4, 0.5) is 15.8 Å². The highest BCUT2D eigenvalue weighted by molar-refractivity contribution is 6.03. The summed E-state index contributed by atoms with van der Waals surface area (Å²) in [4.78, 5) is 13.9. The Morgan fingerprint density at radius 3 is 2.52 bits per heavy atom. The zero-order chi connectivity index (χ0) is 15.4. The summed E-state index contributed by atoms with van der Waals surface area (Å²) in [6.45, 7) is 4.06. The maximum atomic E-state index is 13.5. The van der Waals surface area contributed by atoms with Crippen molar-refractivity contribution < 1.29 is 13.9 Å². The summed E-state index contributed by atoms with van der Waals surface area (Å²) in [5, 5.41) is 0. The Morgan fingerprint density at radius 2 is 1.95 bits per heavy atom. The highest BCUT2D eigenvalue weighted by Gasteiger charge is 2.19. The molecule has 0 spiro atoms. The van der Waals surface area contributed by atoms with Gasteiger partial charge in [-0.2, -0.15) is 0 Å². The Kier molecular flexibility index (Phi) is 4.58. The van der Waals surface area contributed by atoms with Crippen LogP contribution < -0.4 is 9.64 Å². The van der Waals surface area contributed by atoms with Crippen LogP contribution in [-0.2, 0) is 0 Å². The maximum absolute atomic E-state index is 13.5. The van der Waals surface area contributed by atoms with Gasteiger partial charge in [-0.15, -0.1) is 0 Å². The number of ketones is 1. The van der Waals surface area contributed by atoms with E-state index in [0.29, 0.717) is 23.5 Å². The molecule has 0 unspecified atom stereocenters. The second-order valence-electron chi connectivity index (χ2n) is 4.63. The van der Waals surface area contributed by atoms with E-state index in [0.717, 1.165) is 5.69 Å². The van der Waals surface area contributed by atoms with Gasteiger partial charge in [0.05, 0.1) is 18.4 Å². The molecule has 0 bridgehead atoms. The highest BCUT2D eigenvalue weighted by Crippen LogP contribution is 2.34. The number of carbonyl (C=O) groups is 1. The first-order valence-electron chi connectivity index (χ1n) is 6.79. The molecule has 0 saturated carbocycles. The third-order valence-corrected chi connectivity index (χ3v) is 3.30. The Hall–Kier alpha value is -2.36. The second kappa shape index (κ2) is 6.39. The Labute approximate surface area is 124 Å². The molecule has 3 nitrogen and oxygen atoms in total. The monoisotopic (exact) mass is 287 g/mol. The van der Waals surface area contributed by atoms with Crippen molar-refractivity contribution in [2.75, 3.05) is 18.6 Å². The summed E-state index contributed by atoms with van der Waals surface area (Å²) in [5.74, 6) is 0.130. The van der Waals surface area contributed by atoms with Gasteiger partial charge in [0.15, 0.2) is 5.78 Å². The summed E-state index contributed by atoms with van der Waals surface area (Å²) in [6.07, 6.45) is 0. The topological polar surface area (TPSA) is 29.5 Å². The number of halogens is 1. The predicted octanol–water partition coefficient (Wildman–Crippen LogP) is 4.19. The van der Waals surface area contributed by atoms with E-state index >= 15 is 0 Å². The van der Waals surface area contributed by atoms with Gasteiger partial charge in [0.1, 0.15) is 11.6 Å². The number of carbonyl (C=O) groups excluding carboxylic acids is 1. The smallest absolute Gasteiger partial charge is 0.165 e. The molecule has 110 valence electrons. The van der Waals surface area contributed by atoms with Crippen molar-refractivity contribution >= 4 is 17.2 Å². The predicted molar refractivity (Wildman–Crippen MR) is 82.1 cm³/mol. The Bertz CT molecular complexity index is 655. The third-order valence-electron chi connectivity index (χ3n) is 3.30. The average molecular weight is 287 g/mol. The van der Waals surface area contributed by atoms with Crippen LogP contribution in [0.1, 0.15) is 24.2 Å². The van der Waals surface area contributed by atoms with Crippen LogP contribution >= 0.6 is 0 Å². The van der Waals surface area contributed by atoms with Gasteiger partial charge < -0.3 is 9.64 Å². The molecule has 0 aliphatic carbocycles. The summed E-state index contributed by atoms with van der Waals surface area (Å²) in [5.41, 5.74) is 1.93. The molecule has 2 aromatic rings. The van der Waals surface area contributed by atoms with Gasteiger partial charge in [0, 0.05) is 12.2 Å². The largest absolute Gasteiger partial charge is 0.496 e. The number of benzene rings is 2. The van der Waals surface area contributed by atoms with E-state index in [2.05, 4.69) is 0 Å². The first kappa shape index (κ1) is 15.0. The molecule has 0 aromatic heterocycles. The molecule has 0 aliphatic heterocycles. The van der Waals surface area contributed by atoms with E-state index in [1.807, 2.05) is 30.0 Å². The Morgan fingerprint density at radius 1 is 1.24 bits per heavy atom. The van der Waals surface area contributed by atoms with E-state index in [-0.39, 0.29) is 11.6 Å². The number of rotatable bonds is 5. The van der Waals surface area contributed by atoms with Crippen molar-refractivity contribution in [1.29, 1.82) is 0 Å². The molecular weight excluding hydrogens is 269 g/mol. The highest BCUT2D eigenvalue weighted by atomic mass is 19.1. The molecule has 4 heteroatoms. The molecule has 0 aliphatic rings. The zero-order valence-corrected chi connectivity index (χ0v) is 12.4. The van der Waals surface area contributed by atoms with E-state index in [4.69, 9.17) is 4.74 Å². The quantitative estimate of drug-likeness (QED) is 0.772. The fourth-order valence-electron chi connectivity index (χ4n) is 2.40. The van der Waals surface area contributed by atoms with Gasteiger partial charge in [-0.3, -0.25) is 4.79 Å². The molecule has 0 heterocycles. The number of ether oxygens (including phenoxy) is 1. The lowest BCUT2D eigenvalue weighted by Gasteiger charge is -2.26. The number of methoxy groups -OCH3 is 1. The number of Topliss-reactive ketones (excluding diaryl/α,β-unsaturated/α-hetero) is 1. The molecule has 0 atom stereocenters. The van der Waals surface area contributed by atoms with Crippen molar-refractivity contribution in [3.8, 4) is 5.75 Å². The molecule has 0 saturated heterocycles. The van der Waals surface area contributed by atoms with E-state index in [9.17, 15) is 9.18 Å². The van der Waals surface area contributed by atoms with E-state index in [1.54, 1.807) is 12.1 Å². The number of anilines is 2. The SMILES string of the molecule is CCN(c1cccc(F)c1)c1cccc(OC)c1C(C)=O. The molecule has 0 fully saturated rings. The van der Waals surface area contributed by atoms with Crippen LogP contribution in [0, 0.1) is 5.82 Å². The van der Waals surface area contributed by atoms with Crippen molar-refractivity contribution in [2.24, 2.45) is 0 Å². The van der Waals surface area contributed by atoms with Gasteiger partial charge in [-0.1, -0.05) is 12.1 Å².